The molecule has 4 aromatic heterocycles. The van der Waals surface area contributed by atoms with E-state index in [0.29, 0.717) is 67.2 Å². The number of aryl methyl sites for hydroxylation is 2. The lowest BCUT2D eigenvalue weighted by molar-refractivity contribution is -0.144. The van der Waals surface area contributed by atoms with Crippen molar-refractivity contribution in [2.75, 3.05) is 48.3 Å². The fourth-order valence-corrected chi connectivity index (χ4v) is 12.4. The standard InChI is InChI=1S/C55H64N12O7S2/c1-32-43(62-54(72)74-40-10-7-6-8-11-40)20-37(24-56-32)36-17-18-42-45(21-36)76-53(61-42)64-46(68)29-65-27-39-22-38(65)28-67(39)52-58-25-41(26-59-52)73-30-47(69)63-49(55(3,4)5)51(71)66-19-9-12-44(66)50(70)57-23-34-13-15-35(16-14-34)48-33(2)60-31-75-48/h13-18,20-21,24-26,31,38-40,44,49H,6-12,19,22-23,27-30H2,1-5H3,(H,57,70)(H,62,72)(H,63,69)(H,61,64,68). The molecule has 6 aromatic rings. The van der Waals surface area contributed by atoms with Gasteiger partial charge in [-0.15, -0.1) is 11.3 Å². The van der Waals surface area contributed by atoms with Crippen LogP contribution in [0.25, 0.3) is 31.8 Å². The van der Waals surface area contributed by atoms with Gasteiger partial charge < -0.3 is 35.2 Å². The van der Waals surface area contributed by atoms with Gasteiger partial charge in [-0.1, -0.05) is 68.9 Å². The fourth-order valence-electron chi connectivity index (χ4n) is 10.6. The molecule has 3 aliphatic heterocycles. The number of nitrogens with one attached hydrogen (secondary N) is 4. The summed E-state index contributed by atoms with van der Waals surface area (Å²) in [6, 6.07) is 14.5. The highest BCUT2D eigenvalue weighted by atomic mass is 32.1. The Labute approximate surface area is 449 Å². The van der Waals surface area contributed by atoms with Crippen LogP contribution < -0.4 is 30.9 Å². The van der Waals surface area contributed by atoms with Crippen molar-refractivity contribution in [2.45, 2.75) is 123 Å². The number of hydrogen-bond acceptors (Lipinski definition) is 16. The first kappa shape index (κ1) is 52.3. The zero-order chi connectivity index (χ0) is 53.1. The maximum atomic E-state index is 14.1. The second kappa shape index (κ2) is 22.6. The first-order valence-corrected chi connectivity index (χ1v) is 27.8. The molecule has 19 nitrogen and oxygen atoms in total. The van der Waals surface area contributed by atoms with Crippen molar-refractivity contribution in [1.29, 1.82) is 0 Å². The van der Waals surface area contributed by atoms with Crippen molar-refractivity contribution in [3.8, 4) is 27.3 Å². The summed E-state index contributed by atoms with van der Waals surface area (Å²) in [5.41, 5.74) is 7.97. The molecule has 3 saturated heterocycles. The highest BCUT2D eigenvalue weighted by Crippen LogP contribution is 2.35. The largest absolute Gasteiger partial charge is 0.481 e. The molecule has 2 bridgehead atoms. The van der Waals surface area contributed by atoms with Crippen LogP contribution in [-0.2, 0) is 30.5 Å². The summed E-state index contributed by atoms with van der Waals surface area (Å²) in [7, 11) is 0. The minimum atomic E-state index is -0.899. The van der Waals surface area contributed by atoms with Crippen LogP contribution in [0.2, 0.25) is 0 Å². The number of fused-ring (bicyclic) bond motifs is 3. The summed E-state index contributed by atoms with van der Waals surface area (Å²) in [5, 5.41) is 12.3. The van der Waals surface area contributed by atoms with E-state index in [-0.39, 0.29) is 49.1 Å². The number of rotatable bonds is 16. The van der Waals surface area contributed by atoms with Crippen LogP contribution >= 0.6 is 22.7 Å². The summed E-state index contributed by atoms with van der Waals surface area (Å²) in [4.78, 5) is 96.8. The smallest absolute Gasteiger partial charge is 0.411 e. The van der Waals surface area contributed by atoms with Gasteiger partial charge in [-0.25, -0.2) is 24.7 Å². The third-order valence-corrected chi connectivity index (χ3v) is 16.7. The molecule has 21 heteroatoms. The van der Waals surface area contributed by atoms with Crippen molar-refractivity contribution in [3.63, 3.8) is 0 Å². The molecular weight excluding hydrogens is 1000 g/mol. The van der Waals surface area contributed by atoms with Crippen LogP contribution in [0.3, 0.4) is 0 Å². The van der Waals surface area contributed by atoms with Gasteiger partial charge >= 0.3 is 6.09 Å². The molecule has 398 valence electrons. The zero-order valence-corrected chi connectivity index (χ0v) is 45.1. The SMILES string of the molecule is Cc1ncc(-c2ccc3nc(NC(=O)CN4CC5CC4CN5c4ncc(OCC(=O)NC(C(=O)N5CCCC5C(=O)NCc5ccc(-c6scnc6C)cc5)C(C)(C)C)cn4)sc3c2)cc1NC(=O)OC1CCCCC1. The summed E-state index contributed by atoms with van der Waals surface area (Å²) in [5.74, 6) is -0.321. The normalized spacial score (nSPS) is 19.1. The lowest BCUT2D eigenvalue weighted by atomic mass is 9.85. The number of benzene rings is 2. The van der Waals surface area contributed by atoms with E-state index in [2.05, 4.69) is 56.0 Å². The van der Waals surface area contributed by atoms with Gasteiger partial charge in [0.2, 0.25) is 23.7 Å². The molecule has 5 amide bonds. The van der Waals surface area contributed by atoms with E-state index in [4.69, 9.17) is 9.47 Å². The van der Waals surface area contributed by atoms with E-state index in [9.17, 15) is 24.0 Å². The Morgan fingerprint density at radius 3 is 2.30 bits per heavy atom. The number of likely N-dealkylation sites (tertiary alicyclic amines) is 2. The van der Waals surface area contributed by atoms with Crippen molar-refractivity contribution >= 4 is 79.4 Å². The van der Waals surface area contributed by atoms with Crippen LogP contribution in [-0.4, -0.2) is 127 Å². The number of ether oxygens (including phenoxy) is 2. The van der Waals surface area contributed by atoms with Gasteiger partial charge in [-0.3, -0.25) is 34.4 Å². The number of anilines is 3. The molecule has 7 heterocycles. The zero-order valence-electron chi connectivity index (χ0n) is 43.5. The van der Waals surface area contributed by atoms with E-state index >= 15 is 0 Å². The van der Waals surface area contributed by atoms with Crippen molar-refractivity contribution < 1.29 is 33.4 Å². The molecule has 1 saturated carbocycles. The van der Waals surface area contributed by atoms with Gasteiger partial charge in [0.05, 0.1) is 56.6 Å². The maximum Gasteiger partial charge on any atom is 0.411 e. The summed E-state index contributed by atoms with van der Waals surface area (Å²) < 4.78 is 12.4. The number of hydrogen-bond donors (Lipinski definition) is 4. The average molecular weight is 1070 g/mol. The Morgan fingerprint density at radius 2 is 1.58 bits per heavy atom. The van der Waals surface area contributed by atoms with Gasteiger partial charge in [-0.05, 0) is 99.1 Å². The number of carbonyl (C=O) groups is 5. The van der Waals surface area contributed by atoms with Gasteiger partial charge in [0.25, 0.3) is 5.91 Å². The first-order valence-electron chi connectivity index (χ1n) is 26.1. The number of pyridine rings is 1. The highest BCUT2D eigenvalue weighted by molar-refractivity contribution is 7.22. The molecule has 4 atom stereocenters. The molecule has 0 spiro atoms. The number of amides is 5. The van der Waals surface area contributed by atoms with Crippen LogP contribution in [0.5, 0.6) is 5.75 Å². The quantitative estimate of drug-likeness (QED) is 0.0724. The topological polar surface area (TPSA) is 226 Å². The Morgan fingerprint density at radius 1 is 0.803 bits per heavy atom. The van der Waals surface area contributed by atoms with E-state index in [0.717, 1.165) is 75.1 Å². The second-order valence-corrected chi connectivity index (χ2v) is 23.2. The van der Waals surface area contributed by atoms with Crippen LogP contribution in [0.15, 0.2) is 72.6 Å². The van der Waals surface area contributed by atoms with E-state index in [1.54, 1.807) is 22.4 Å². The molecule has 4 fully saturated rings. The predicted molar refractivity (Wildman–Crippen MR) is 292 cm³/mol. The van der Waals surface area contributed by atoms with Gasteiger partial charge in [0, 0.05) is 50.0 Å². The Hall–Kier alpha value is -7.10. The molecule has 2 aromatic carbocycles. The Kier molecular flexibility index (Phi) is 15.6. The molecule has 0 radical (unpaired) electrons. The number of thiazole rings is 2. The molecule has 10 rings (SSSR count). The summed E-state index contributed by atoms with van der Waals surface area (Å²) in [6.07, 6.45) is 11.5. The molecular formula is C55H64N12O7S2. The summed E-state index contributed by atoms with van der Waals surface area (Å²) >= 11 is 2.99. The molecule has 4 N–H and O–H groups in total. The third kappa shape index (κ3) is 12.1. The average Bonchev–Trinajstić information content (AvgIpc) is 4.28. The first-order chi connectivity index (χ1) is 36.6. The van der Waals surface area contributed by atoms with E-state index in [1.807, 2.05) is 88.7 Å². The van der Waals surface area contributed by atoms with Crippen LogP contribution in [0.4, 0.5) is 21.6 Å². The molecule has 76 heavy (non-hydrogen) atoms. The van der Waals surface area contributed by atoms with Crippen LogP contribution in [0, 0.1) is 19.3 Å². The highest BCUT2D eigenvalue weighted by Gasteiger charge is 2.45. The lowest BCUT2D eigenvalue weighted by Crippen LogP contribution is -2.58. The van der Waals surface area contributed by atoms with Gasteiger partial charge in [0.15, 0.2) is 17.5 Å². The van der Waals surface area contributed by atoms with E-state index < -0.39 is 29.5 Å². The fraction of sp³-hybridized carbons (Fsp3) is 0.455. The van der Waals surface area contributed by atoms with Gasteiger partial charge in [0.1, 0.15) is 18.2 Å². The second-order valence-electron chi connectivity index (χ2n) is 21.3. The molecule has 4 aliphatic rings. The Bertz CT molecular complexity index is 3100. The minimum Gasteiger partial charge on any atom is -0.481 e. The van der Waals surface area contributed by atoms with E-state index in [1.165, 1.54) is 30.2 Å². The number of piperazine rings is 1. The van der Waals surface area contributed by atoms with Crippen molar-refractivity contribution in [2.24, 2.45) is 5.41 Å². The van der Waals surface area contributed by atoms with Crippen LogP contribution in [0.1, 0.15) is 89.1 Å². The molecule has 1 aliphatic carbocycles. The lowest BCUT2D eigenvalue weighted by Gasteiger charge is -2.35. The number of nitrogens with zero attached hydrogens (tertiary/aromatic N) is 8. The van der Waals surface area contributed by atoms with Crippen molar-refractivity contribution in [3.05, 3.63) is 89.6 Å². The number of carbonyl (C=O) groups excluding carboxylic acids is 5. The predicted octanol–water partition coefficient (Wildman–Crippen LogP) is 7.89. The minimum absolute atomic E-state index is 0.0497. The van der Waals surface area contributed by atoms with Gasteiger partial charge in [-0.2, -0.15) is 0 Å². The Balaban J connectivity index is 0.668. The monoisotopic (exact) mass is 1070 g/mol. The van der Waals surface area contributed by atoms with Crippen molar-refractivity contribution in [1.82, 2.24) is 45.4 Å². The maximum absolute atomic E-state index is 14.1. The summed E-state index contributed by atoms with van der Waals surface area (Å²) in [6.45, 7) is 11.4. The number of aromatic nitrogens is 5. The third-order valence-electron chi connectivity index (χ3n) is 14.7. The molecule has 4 unspecified atom stereocenters.